The molecule has 0 aliphatic rings. The van der Waals surface area contributed by atoms with Crippen molar-refractivity contribution in [2.45, 2.75) is 26.8 Å². The van der Waals surface area contributed by atoms with Crippen LogP contribution in [-0.4, -0.2) is 25.2 Å². The summed E-state index contributed by atoms with van der Waals surface area (Å²) in [6.45, 7) is 5.97. The zero-order valence-corrected chi connectivity index (χ0v) is 11.9. The van der Waals surface area contributed by atoms with E-state index < -0.39 is 0 Å². The molecule has 17 heavy (non-hydrogen) atoms. The smallest absolute Gasteiger partial charge is 0.126 e. The van der Waals surface area contributed by atoms with Crippen molar-refractivity contribution >= 4 is 11.8 Å². The minimum Gasteiger partial charge on any atom is -0.493 e. The molecule has 1 aromatic rings. The molecular formula is C14H23NOS. The van der Waals surface area contributed by atoms with E-state index in [0.717, 1.165) is 25.3 Å². The van der Waals surface area contributed by atoms with Crippen molar-refractivity contribution < 1.29 is 4.74 Å². The molecule has 0 unspecified atom stereocenters. The van der Waals surface area contributed by atoms with Crippen LogP contribution in [0.1, 0.15) is 24.5 Å². The van der Waals surface area contributed by atoms with Crippen LogP contribution >= 0.6 is 11.8 Å². The van der Waals surface area contributed by atoms with E-state index in [1.807, 2.05) is 18.8 Å². The highest BCUT2D eigenvalue weighted by molar-refractivity contribution is 7.99. The molecule has 0 atom stereocenters. The van der Waals surface area contributed by atoms with Gasteiger partial charge in [-0.15, -0.1) is 0 Å². The van der Waals surface area contributed by atoms with Gasteiger partial charge >= 0.3 is 0 Å². The summed E-state index contributed by atoms with van der Waals surface area (Å²) in [4.78, 5) is 0. The number of hydrogen-bond acceptors (Lipinski definition) is 3. The second kappa shape index (κ2) is 8.43. The van der Waals surface area contributed by atoms with Crippen molar-refractivity contribution in [1.82, 2.24) is 5.32 Å². The zero-order chi connectivity index (χ0) is 12.5. The Labute approximate surface area is 109 Å². The SMILES string of the molecule is CCSCCCOc1c(C)cccc1CNC. The third-order valence-corrected chi connectivity index (χ3v) is 3.53. The summed E-state index contributed by atoms with van der Waals surface area (Å²) in [5.74, 6) is 3.43. The van der Waals surface area contributed by atoms with Crippen LogP contribution in [0.25, 0.3) is 0 Å². The molecule has 0 aliphatic carbocycles. The summed E-state index contributed by atoms with van der Waals surface area (Å²) in [6, 6.07) is 6.32. The van der Waals surface area contributed by atoms with E-state index in [0.29, 0.717) is 0 Å². The van der Waals surface area contributed by atoms with Crippen molar-refractivity contribution in [3.8, 4) is 5.75 Å². The average Bonchev–Trinajstić information content (AvgIpc) is 2.32. The molecular weight excluding hydrogens is 230 g/mol. The van der Waals surface area contributed by atoms with Crippen molar-refractivity contribution in [2.75, 3.05) is 25.2 Å². The van der Waals surface area contributed by atoms with Crippen LogP contribution < -0.4 is 10.1 Å². The van der Waals surface area contributed by atoms with Gasteiger partial charge in [-0.25, -0.2) is 0 Å². The van der Waals surface area contributed by atoms with Gasteiger partial charge in [0.1, 0.15) is 5.75 Å². The maximum absolute atomic E-state index is 5.91. The molecule has 0 heterocycles. The largest absolute Gasteiger partial charge is 0.493 e. The number of rotatable bonds is 8. The number of benzene rings is 1. The number of nitrogens with one attached hydrogen (secondary N) is 1. The summed E-state index contributed by atoms with van der Waals surface area (Å²) in [5, 5.41) is 3.18. The van der Waals surface area contributed by atoms with E-state index in [1.165, 1.54) is 22.6 Å². The second-order valence-corrected chi connectivity index (χ2v) is 5.39. The first-order chi connectivity index (χ1) is 8.29. The Morgan fingerprint density at radius 2 is 2.18 bits per heavy atom. The van der Waals surface area contributed by atoms with E-state index in [9.17, 15) is 0 Å². The fourth-order valence-electron chi connectivity index (χ4n) is 1.73. The lowest BCUT2D eigenvalue weighted by Gasteiger charge is -2.13. The highest BCUT2D eigenvalue weighted by atomic mass is 32.2. The molecule has 0 radical (unpaired) electrons. The minimum atomic E-state index is 0.814. The predicted octanol–water partition coefficient (Wildman–Crippen LogP) is 3.24. The Bertz CT molecular complexity index is 328. The van der Waals surface area contributed by atoms with E-state index in [4.69, 9.17) is 4.74 Å². The molecule has 3 heteroatoms. The summed E-state index contributed by atoms with van der Waals surface area (Å²) >= 11 is 1.97. The van der Waals surface area contributed by atoms with Gasteiger partial charge in [-0.05, 0) is 37.5 Å². The average molecular weight is 253 g/mol. The minimum absolute atomic E-state index is 0.814. The molecule has 1 aromatic carbocycles. The molecule has 1 N–H and O–H groups in total. The first kappa shape index (κ1) is 14.4. The van der Waals surface area contributed by atoms with E-state index in [2.05, 4.69) is 37.4 Å². The van der Waals surface area contributed by atoms with Gasteiger partial charge in [0, 0.05) is 12.1 Å². The lowest BCUT2D eigenvalue weighted by molar-refractivity contribution is 0.312. The van der Waals surface area contributed by atoms with Crippen LogP contribution in [0.2, 0.25) is 0 Å². The standard InChI is InChI=1S/C14H23NOS/c1-4-17-10-6-9-16-14-12(2)7-5-8-13(14)11-15-3/h5,7-8,15H,4,6,9-11H2,1-3H3. The van der Waals surface area contributed by atoms with Crippen molar-refractivity contribution in [2.24, 2.45) is 0 Å². The van der Waals surface area contributed by atoms with Gasteiger partial charge < -0.3 is 10.1 Å². The first-order valence-electron chi connectivity index (χ1n) is 6.23. The van der Waals surface area contributed by atoms with Crippen LogP contribution in [0.15, 0.2) is 18.2 Å². The normalized spacial score (nSPS) is 10.5. The van der Waals surface area contributed by atoms with Gasteiger partial charge in [0.15, 0.2) is 0 Å². The number of hydrogen-bond donors (Lipinski definition) is 1. The van der Waals surface area contributed by atoms with Gasteiger partial charge in [0.2, 0.25) is 0 Å². The molecule has 0 bridgehead atoms. The fraction of sp³-hybridized carbons (Fsp3) is 0.571. The Morgan fingerprint density at radius 1 is 1.35 bits per heavy atom. The highest BCUT2D eigenvalue weighted by Crippen LogP contribution is 2.23. The number of para-hydroxylation sites is 1. The third kappa shape index (κ3) is 5.00. The topological polar surface area (TPSA) is 21.3 Å². The van der Waals surface area contributed by atoms with E-state index >= 15 is 0 Å². The van der Waals surface area contributed by atoms with Gasteiger partial charge in [-0.3, -0.25) is 0 Å². The Morgan fingerprint density at radius 3 is 2.88 bits per heavy atom. The third-order valence-electron chi connectivity index (χ3n) is 2.54. The number of ether oxygens (including phenoxy) is 1. The van der Waals surface area contributed by atoms with Crippen LogP contribution in [0.4, 0.5) is 0 Å². The van der Waals surface area contributed by atoms with Crippen molar-refractivity contribution in [1.29, 1.82) is 0 Å². The molecule has 0 amide bonds. The molecule has 0 saturated heterocycles. The van der Waals surface area contributed by atoms with Crippen LogP contribution in [0.5, 0.6) is 5.75 Å². The van der Waals surface area contributed by atoms with Crippen LogP contribution in [-0.2, 0) is 6.54 Å². The molecule has 1 rings (SSSR count). The van der Waals surface area contributed by atoms with Gasteiger partial charge in [-0.2, -0.15) is 11.8 Å². The summed E-state index contributed by atoms with van der Waals surface area (Å²) in [7, 11) is 1.96. The first-order valence-corrected chi connectivity index (χ1v) is 7.38. The van der Waals surface area contributed by atoms with Crippen LogP contribution in [0.3, 0.4) is 0 Å². The maximum atomic E-state index is 5.91. The molecule has 2 nitrogen and oxygen atoms in total. The van der Waals surface area contributed by atoms with Gasteiger partial charge in [0.25, 0.3) is 0 Å². The van der Waals surface area contributed by atoms with E-state index in [1.54, 1.807) is 0 Å². The monoisotopic (exact) mass is 253 g/mol. The molecule has 96 valence electrons. The highest BCUT2D eigenvalue weighted by Gasteiger charge is 2.05. The molecule has 0 spiro atoms. The molecule has 0 fully saturated rings. The van der Waals surface area contributed by atoms with Crippen molar-refractivity contribution in [3.05, 3.63) is 29.3 Å². The van der Waals surface area contributed by atoms with Crippen LogP contribution in [0, 0.1) is 6.92 Å². The predicted molar refractivity (Wildman–Crippen MR) is 77.1 cm³/mol. The summed E-state index contributed by atoms with van der Waals surface area (Å²) in [5.41, 5.74) is 2.47. The quantitative estimate of drug-likeness (QED) is 0.719. The molecule has 0 aliphatic heterocycles. The second-order valence-electron chi connectivity index (χ2n) is 3.99. The zero-order valence-electron chi connectivity index (χ0n) is 11.1. The van der Waals surface area contributed by atoms with Gasteiger partial charge in [-0.1, -0.05) is 25.1 Å². The maximum Gasteiger partial charge on any atom is 0.126 e. The number of thioether (sulfide) groups is 1. The molecule has 0 aromatic heterocycles. The van der Waals surface area contributed by atoms with E-state index in [-0.39, 0.29) is 0 Å². The summed E-state index contributed by atoms with van der Waals surface area (Å²) < 4.78 is 5.91. The lowest BCUT2D eigenvalue weighted by atomic mass is 10.1. The lowest BCUT2D eigenvalue weighted by Crippen LogP contribution is -2.09. The Balaban J connectivity index is 2.50. The fourth-order valence-corrected chi connectivity index (χ4v) is 2.34. The molecule has 0 saturated carbocycles. The summed E-state index contributed by atoms with van der Waals surface area (Å²) in [6.07, 6.45) is 1.12. The Hall–Kier alpha value is -0.670. The van der Waals surface area contributed by atoms with Gasteiger partial charge in [0.05, 0.1) is 6.61 Å². The Kier molecular flexibility index (Phi) is 7.13. The van der Waals surface area contributed by atoms with Crippen molar-refractivity contribution in [3.63, 3.8) is 0 Å². The number of aryl methyl sites for hydroxylation is 1.